The summed E-state index contributed by atoms with van der Waals surface area (Å²) >= 11 is 0. The number of ether oxygens (including phenoxy) is 1. The third-order valence-corrected chi connectivity index (χ3v) is 9.43. The van der Waals surface area contributed by atoms with E-state index in [1.807, 2.05) is 24.3 Å². The van der Waals surface area contributed by atoms with Gasteiger partial charge < -0.3 is 15.0 Å². The second-order valence-corrected chi connectivity index (χ2v) is 12.1. The van der Waals surface area contributed by atoms with E-state index in [0.717, 1.165) is 43.7 Å². The van der Waals surface area contributed by atoms with Crippen LogP contribution in [-0.4, -0.2) is 64.0 Å². The molecule has 2 saturated heterocycles. The number of para-hydroxylation sites is 1. The molecule has 9 heteroatoms. The van der Waals surface area contributed by atoms with E-state index in [2.05, 4.69) is 38.8 Å². The number of fused-ring (bicyclic) bond motifs is 3. The molecule has 43 heavy (non-hydrogen) atoms. The number of anilines is 3. The van der Waals surface area contributed by atoms with Crippen molar-refractivity contribution < 1.29 is 9.53 Å². The zero-order valence-electron chi connectivity index (χ0n) is 24.0. The SMILES string of the molecule is C=C(c1cc2cnc(Nc3ccc(N4CCN5CCCC5C4)cc3)nc2n(C2COc3ccccc3C2=O)c1=O)C1CC1. The lowest BCUT2D eigenvalue weighted by Gasteiger charge is -2.38. The Morgan fingerprint density at radius 3 is 2.67 bits per heavy atom. The first kappa shape index (κ1) is 26.2. The van der Waals surface area contributed by atoms with Gasteiger partial charge in [0.15, 0.2) is 5.78 Å². The number of hydrogen-bond donors (Lipinski definition) is 1. The van der Waals surface area contributed by atoms with Gasteiger partial charge in [0.25, 0.3) is 5.56 Å². The fourth-order valence-corrected chi connectivity index (χ4v) is 6.87. The maximum absolute atomic E-state index is 14.0. The summed E-state index contributed by atoms with van der Waals surface area (Å²) in [6, 6.07) is 17.1. The topological polar surface area (TPSA) is 92.6 Å². The van der Waals surface area contributed by atoms with Crippen LogP contribution in [0, 0.1) is 5.92 Å². The predicted octanol–water partition coefficient (Wildman–Crippen LogP) is 5.06. The van der Waals surface area contributed by atoms with Crippen molar-refractivity contribution >= 4 is 39.7 Å². The zero-order valence-corrected chi connectivity index (χ0v) is 24.0. The maximum Gasteiger partial charge on any atom is 0.260 e. The van der Waals surface area contributed by atoms with Crippen molar-refractivity contribution in [3.8, 4) is 5.75 Å². The molecule has 3 fully saturated rings. The standard InChI is InChI=1S/C34H34N6O3/c1-21(22-8-9-22)28-17-23-18-35-34(36-24-10-12-25(13-11-24)39-16-15-38-14-4-5-26(38)19-39)37-32(23)40(33(28)42)29-20-43-30-7-3-2-6-27(30)31(29)41/h2-3,6-7,10-13,17-18,22,26,29H,1,4-5,8-9,14-16,19-20H2,(H,35,36,37). The summed E-state index contributed by atoms with van der Waals surface area (Å²) in [5.74, 6) is 1.02. The van der Waals surface area contributed by atoms with Crippen molar-refractivity contribution in [1.82, 2.24) is 19.4 Å². The van der Waals surface area contributed by atoms with E-state index in [1.54, 1.807) is 24.4 Å². The van der Waals surface area contributed by atoms with E-state index in [1.165, 1.54) is 29.6 Å². The molecule has 9 nitrogen and oxygen atoms in total. The Morgan fingerprint density at radius 2 is 1.84 bits per heavy atom. The fourth-order valence-electron chi connectivity index (χ4n) is 6.87. The molecule has 1 saturated carbocycles. The lowest BCUT2D eigenvalue weighted by Crippen LogP contribution is -2.50. The smallest absolute Gasteiger partial charge is 0.260 e. The van der Waals surface area contributed by atoms with Crippen LogP contribution in [0.5, 0.6) is 5.75 Å². The van der Waals surface area contributed by atoms with Gasteiger partial charge in [-0.15, -0.1) is 0 Å². The number of Topliss-reactive ketones (excluding diaryl/α,β-unsaturated/α-hetero) is 1. The Bertz CT molecular complexity index is 1810. The number of pyridine rings is 1. The van der Waals surface area contributed by atoms with Gasteiger partial charge in [0, 0.05) is 54.2 Å². The van der Waals surface area contributed by atoms with Gasteiger partial charge in [-0.1, -0.05) is 18.7 Å². The first-order valence-electron chi connectivity index (χ1n) is 15.3. The molecule has 4 aliphatic rings. The molecule has 0 bridgehead atoms. The number of benzene rings is 2. The van der Waals surface area contributed by atoms with Crippen molar-refractivity contribution in [1.29, 1.82) is 0 Å². The van der Waals surface area contributed by atoms with Gasteiger partial charge in [-0.05, 0) is 86.2 Å². The number of rotatable bonds is 6. The van der Waals surface area contributed by atoms with Crippen LogP contribution in [0.25, 0.3) is 16.6 Å². The number of aromatic nitrogens is 3. The molecule has 2 aromatic carbocycles. The van der Waals surface area contributed by atoms with Crippen molar-refractivity contribution in [3.05, 3.63) is 88.9 Å². The van der Waals surface area contributed by atoms with Crippen molar-refractivity contribution in [3.63, 3.8) is 0 Å². The minimum Gasteiger partial charge on any atom is -0.490 e. The highest BCUT2D eigenvalue weighted by Crippen LogP contribution is 2.40. The summed E-state index contributed by atoms with van der Waals surface area (Å²) in [6.45, 7) is 8.74. The third kappa shape index (κ3) is 4.68. The molecule has 0 spiro atoms. The van der Waals surface area contributed by atoms with E-state index in [0.29, 0.717) is 45.8 Å². The van der Waals surface area contributed by atoms with Gasteiger partial charge in [-0.2, -0.15) is 4.98 Å². The van der Waals surface area contributed by atoms with Gasteiger partial charge in [-0.25, -0.2) is 4.98 Å². The second-order valence-electron chi connectivity index (χ2n) is 12.1. The second kappa shape index (κ2) is 10.3. The number of piperazine rings is 1. The lowest BCUT2D eigenvalue weighted by molar-refractivity contribution is 0.0841. The molecule has 1 N–H and O–H groups in total. The van der Waals surface area contributed by atoms with Crippen LogP contribution in [0.2, 0.25) is 0 Å². The molecule has 0 amide bonds. The molecule has 8 rings (SSSR count). The lowest BCUT2D eigenvalue weighted by atomic mass is 9.99. The summed E-state index contributed by atoms with van der Waals surface area (Å²) in [4.78, 5) is 42.2. The maximum atomic E-state index is 14.0. The van der Waals surface area contributed by atoms with Crippen LogP contribution in [0.3, 0.4) is 0 Å². The first-order valence-corrected chi connectivity index (χ1v) is 15.3. The average molecular weight is 575 g/mol. The van der Waals surface area contributed by atoms with Crippen LogP contribution >= 0.6 is 0 Å². The van der Waals surface area contributed by atoms with Gasteiger partial charge >= 0.3 is 0 Å². The van der Waals surface area contributed by atoms with Crippen LogP contribution in [0.15, 0.2) is 72.2 Å². The fraction of sp³-hybridized carbons (Fsp3) is 0.353. The quantitative estimate of drug-likeness (QED) is 0.342. The van der Waals surface area contributed by atoms with Crippen molar-refractivity contribution in [2.75, 3.05) is 43.0 Å². The molecule has 3 aliphatic heterocycles. The van der Waals surface area contributed by atoms with E-state index in [9.17, 15) is 9.59 Å². The molecule has 2 unspecified atom stereocenters. The molecule has 0 radical (unpaired) electrons. The Hall–Kier alpha value is -4.50. The monoisotopic (exact) mass is 574 g/mol. The molecular weight excluding hydrogens is 540 g/mol. The number of hydrogen-bond acceptors (Lipinski definition) is 8. The molecule has 4 aromatic rings. The summed E-state index contributed by atoms with van der Waals surface area (Å²) in [7, 11) is 0. The number of nitrogens with zero attached hydrogens (tertiary/aromatic N) is 5. The third-order valence-electron chi connectivity index (χ3n) is 9.43. The predicted molar refractivity (Wildman–Crippen MR) is 167 cm³/mol. The summed E-state index contributed by atoms with van der Waals surface area (Å²) in [5.41, 5.74) is 3.96. The van der Waals surface area contributed by atoms with Crippen LogP contribution in [0.1, 0.15) is 47.6 Å². The molecule has 2 atom stereocenters. The van der Waals surface area contributed by atoms with Crippen LogP contribution in [0.4, 0.5) is 17.3 Å². The van der Waals surface area contributed by atoms with Crippen molar-refractivity contribution in [2.45, 2.75) is 37.8 Å². The number of carbonyl (C=O) groups is 1. The normalized spacial score (nSPS) is 21.8. The Labute approximate surface area is 249 Å². The molecular formula is C34H34N6O3. The largest absolute Gasteiger partial charge is 0.490 e. The van der Waals surface area contributed by atoms with E-state index in [-0.39, 0.29) is 17.9 Å². The number of allylic oxidation sites excluding steroid dienone is 1. The van der Waals surface area contributed by atoms with Gasteiger partial charge in [-0.3, -0.25) is 19.1 Å². The van der Waals surface area contributed by atoms with Gasteiger partial charge in [0.2, 0.25) is 5.95 Å². The minimum atomic E-state index is -0.848. The van der Waals surface area contributed by atoms with Crippen LogP contribution < -0.4 is 20.5 Å². The summed E-state index contributed by atoms with van der Waals surface area (Å²) in [6.07, 6.45) is 6.32. The molecule has 1 aliphatic carbocycles. The highest BCUT2D eigenvalue weighted by molar-refractivity contribution is 6.03. The number of carbonyl (C=O) groups excluding carboxylic acids is 1. The zero-order chi connectivity index (χ0) is 29.1. The number of ketones is 1. The average Bonchev–Trinajstić information content (AvgIpc) is 3.78. The summed E-state index contributed by atoms with van der Waals surface area (Å²) in [5, 5.41) is 3.98. The van der Waals surface area contributed by atoms with Gasteiger partial charge in [0.1, 0.15) is 24.0 Å². The Kier molecular flexibility index (Phi) is 6.29. The van der Waals surface area contributed by atoms with Crippen LogP contribution in [-0.2, 0) is 0 Å². The van der Waals surface area contributed by atoms with E-state index in [4.69, 9.17) is 9.72 Å². The Morgan fingerprint density at radius 1 is 1.00 bits per heavy atom. The molecule has 218 valence electrons. The van der Waals surface area contributed by atoms with Gasteiger partial charge in [0.05, 0.1) is 5.56 Å². The highest BCUT2D eigenvalue weighted by Gasteiger charge is 2.35. The van der Waals surface area contributed by atoms with E-state index < -0.39 is 6.04 Å². The Balaban J connectivity index is 1.13. The summed E-state index contributed by atoms with van der Waals surface area (Å²) < 4.78 is 7.46. The molecule has 5 heterocycles. The highest BCUT2D eigenvalue weighted by atomic mass is 16.5. The number of nitrogens with one attached hydrogen (secondary N) is 1. The minimum absolute atomic E-state index is 0.0492. The molecule has 2 aromatic heterocycles. The van der Waals surface area contributed by atoms with E-state index >= 15 is 0 Å². The first-order chi connectivity index (χ1) is 21.0. The van der Waals surface area contributed by atoms with Crippen molar-refractivity contribution in [2.24, 2.45) is 5.92 Å².